The van der Waals surface area contributed by atoms with Gasteiger partial charge in [-0.3, -0.25) is 9.56 Å². The summed E-state index contributed by atoms with van der Waals surface area (Å²) in [5.41, 5.74) is 4.61. The minimum atomic E-state index is -0.0460. The molecule has 0 spiro atoms. The Hall–Kier alpha value is -2.76. The average Bonchev–Trinajstić information content (AvgIpc) is 3.37. The number of halogens is 1. The Bertz CT molecular complexity index is 1250. The molecule has 1 aliphatic heterocycles. The second kappa shape index (κ2) is 9.00. The van der Waals surface area contributed by atoms with E-state index in [2.05, 4.69) is 70.2 Å². The predicted octanol–water partition coefficient (Wildman–Crippen LogP) is 6.77. The molecule has 0 saturated carbocycles. The molecule has 32 heavy (non-hydrogen) atoms. The van der Waals surface area contributed by atoms with Crippen LogP contribution in [0.2, 0.25) is 5.02 Å². The molecule has 0 aliphatic carbocycles. The van der Waals surface area contributed by atoms with Crippen molar-refractivity contribution < 1.29 is 0 Å². The molecule has 0 N–H and O–H groups in total. The fourth-order valence-electron chi connectivity index (χ4n) is 4.25. The van der Waals surface area contributed by atoms with E-state index in [9.17, 15) is 0 Å². The number of hydrogen-bond acceptors (Lipinski definition) is 4. The van der Waals surface area contributed by atoms with Crippen LogP contribution in [0.3, 0.4) is 0 Å². The molecule has 1 atom stereocenters. The van der Waals surface area contributed by atoms with E-state index >= 15 is 0 Å². The molecule has 1 aliphatic rings. The number of benzene rings is 2. The van der Waals surface area contributed by atoms with Crippen LogP contribution in [0, 0.1) is 6.92 Å². The fraction of sp³-hybridized carbons (Fsp3) is 0.269. The van der Waals surface area contributed by atoms with E-state index in [1.165, 1.54) is 15.4 Å². The second-order valence-electron chi connectivity index (χ2n) is 8.10. The quantitative estimate of drug-likeness (QED) is 0.318. The summed E-state index contributed by atoms with van der Waals surface area (Å²) >= 11 is 7.99. The zero-order chi connectivity index (χ0) is 22.1. The van der Waals surface area contributed by atoms with Gasteiger partial charge in [0.25, 0.3) is 0 Å². The van der Waals surface area contributed by atoms with E-state index in [1.807, 2.05) is 30.4 Å². The fourth-order valence-corrected chi connectivity index (χ4v) is 5.52. The highest BCUT2D eigenvalue weighted by Gasteiger charge is 2.29. The summed E-state index contributed by atoms with van der Waals surface area (Å²) in [6.07, 6.45) is 3.96. The minimum Gasteiger partial charge on any atom is -0.273 e. The Morgan fingerprint density at radius 1 is 1.03 bits per heavy atom. The molecule has 6 heteroatoms. The van der Waals surface area contributed by atoms with Gasteiger partial charge in [-0.2, -0.15) is 0 Å². The number of fused-ring (bicyclic) bond motifs is 3. The molecule has 5 rings (SSSR count). The molecule has 2 aromatic heterocycles. The monoisotopic (exact) mass is 460 g/mol. The van der Waals surface area contributed by atoms with Crippen LogP contribution in [-0.4, -0.2) is 20.5 Å². The van der Waals surface area contributed by atoms with Crippen LogP contribution in [0.5, 0.6) is 0 Å². The highest BCUT2D eigenvalue weighted by molar-refractivity contribution is 7.15. The molecule has 3 heterocycles. The van der Waals surface area contributed by atoms with Gasteiger partial charge in [0, 0.05) is 21.0 Å². The Labute approximate surface area is 197 Å². The van der Waals surface area contributed by atoms with Gasteiger partial charge in [0.2, 0.25) is 0 Å². The third-order valence-corrected chi connectivity index (χ3v) is 7.42. The highest BCUT2D eigenvalue weighted by Crippen LogP contribution is 2.38. The molecular weight excluding hydrogens is 436 g/mol. The summed E-state index contributed by atoms with van der Waals surface area (Å²) < 4.78 is 2.22. The molecule has 0 amide bonds. The number of aryl methyl sites for hydroxylation is 3. The van der Waals surface area contributed by atoms with Gasteiger partial charge in [0.15, 0.2) is 5.82 Å². The lowest BCUT2D eigenvalue weighted by Gasteiger charge is -2.12. The van der Waals surface area contributed by atoms with Crippen molar-refractivity contribution in [1.29, 1.82) is 0 Å². The lowest BCUT2D eigenvalue weighted by atomic mass is 10.0. The summed E-state index contributed by atoms with van der Waals surface area (Å²) in [4.78, 5) is 6.64. The molecule has 4 aromatic rings. The molecule has 2 aromatic carbocycles. The molecule has 0 fully saturated rings. The number of aliphatic imine (C=N–C) groups is 1. The predicted molar refractivity (Wildman–Crippen MR) is 133 cm³/mol. The number of hydrogen-bond donors (Lipinski definition) is 0. The van der Waals surface area contributed by atoms with Crippen LogP contribution in [0.4, 0.5) is 0 Å². The molecule has 0 bridgehead atoms. The molecule has 162 valence electrons. The zero-order valence-electron chi connectivity index (χ0n) is 18.3. The SMILES string of the molecule is CCc1cc2c(s1)-n1c(C)nnc1C(CCCc1ccccc1)N=C2c1ccc(Cl)cc1. The smallest absolute Gasteiger partial charge is 0.163 e. The van der Waals surface area contributed by atoms with Crippen molar-refractivity contribution in [2.75, 3.05) is 0 Å². The topological polar surface area (TPSA) is 43.1 Å². The van der Waals surface area contributed by atoms with Gasteiger partial charge in [0.1, 0.15) is 16.9 Å². The average molecular weight is 461 g/mol. The molecule has 1 unspecified atom stereocenters. The van der Waals surface area contributed by atoms with Gasteiger partial charge in [-0.1, -0.05) is 61.0 Å². The van der Waals surface area contributed by atoms with E-state index in [-0.39, 0.29) is 6.04 Å². The van der Waals surface area contributed by atoms with E-state index in [0.29, 0.717) is 0 Å². The summed E-state index contributed by atoms with van der Waals surface area (Å²) in [6.45, 7) is 4.22. The van der Waals surface area contributed by atoms with Gasteiger partial charge in [0.05, 0.1) is 5.71 Å². The first kappa shape index (κ1) is 21.1. The van der Waals surface area contributed by atoms with Crippen molar-refractivity contribution in [1.82, 2.24) is 14.8 Å². The van der Waals surface area contributed by atoms with Crippen molar-refractivity contribution in [3.8, 4) is 5.00 Å². The van der Waals surface area contributed by atoms with E-state index in [4.69, 9.17) is 16.6 Å². The molecular formula is C26H25ClN4S. The molecule has 0 saturated heterocycles. The summed E-state index contributed by atoms with van der Waals surface area (Å²) in [7, 11) is 0. The van der Waals surface area contributed by atoms with E-state index in [0.717, 1.165) is 59.2 Å². The van der Waals surface area contributed by atoms with E-state index < -0.39 is 0 Å². The van der Waals surface area contributed by atoms with Crippen molar-refractivity contribution in [2.45, 2.75) is 45.6 Å². The number of aromatic nitrogens is 3. The van der Waals surface area contributed by atoms with Gasteiger partial charge < -0.3 is 0 Å². The maximum atomic E-state index is 6.18. The number of rotatable bonds is 6. The van der Waals surface area contributed by atoms with E-state index in [1.54, 1.807) is 0 Å². The molecule has 0 radical (unpaired) electrons. The maximum absolute atomic E-state index is 6.18. The van der Waals surface area contributed by atoms with Gasteiger partial charge in [-0.05, 0) is 56.4 Å². The lowest BCUT2D eigenvalue weighted by molar-refractivity contribution is 0.577. The first-order valence-corrected chi connectivity index (χ1v) is 12.3. The first-order chi connectivity index (χ1) is 15.6. The van der Waals surface area contributed by atoms with Gasteiger partial charge >= 0.3 is 0 Å². The van der Waals surface area contributed by atoms with Crippen LogP contribution in [0.15, 0.2) is 65.7 Å². The Morgan fingerprint density at radius 2 is 1.81 bits per heavy atom. The summed E-state index contributed by atoms with van der Waals surface area (Å²) in [5.74, 6) is 1.84. The largest absolute Gasteiger partial charge is 0.273 e. The van der Waals surface area contributed by atoms with Crippen LogP contribution < -0.4 is 0 Å². The third-order valence-electron chi connectivity index (χ3n) is 5.91. The zero-order valence-corrected chi connectivity index (χ0v) is 19.8. The third kappa shape index (κ3) is 4.03. The minimum absolute atomic E-state index is 0.0460. The lowest BCUT2D eigenvalue weighted by Crippen LogP contribution is -2.06. The van der Waals surface area contributed by atoms with Crippen molar-refractivity contribution in [2.24, 2.45) is 4.99 Å². The second-order valence-corrected chi connectivity index (χ2v) is 9.66. The summed E-state index contributed by atoms with van der Waals surface area (Å²) in [5, 5.41) is 10.9. The van der Waals surface area contributed by atoms with Crippen LogP contribution in [0.1, 0.15) is 59.0 Å². The standard InChI is InChI=1S/C26H25ClN4S/c1-3-21-16-22-24(19-12-14-20(27)15-13-19)28-23(11-7-10-18-8-5-4-6-9-18)25-30-29-17(2)31(25)26(22)32-21/h4-6,8-9,12-16,23H,3,7,10-11H2,1-2H3. The number of nitrogens with zero attached hydrogens (tertiary/aromatic N) is 4. The Morgan fingerprint density at radius 3 is 2.56 bits per heavy atom. The van der Waals surface area contributed by atoms with Crippen LogP contribution >= 0.6 is 22.9 Å². The van der Waals surface area contributed by atoms with Gasteiger partial charge in [-0.25, -0.2) is 0 Å². The Kier molecular flexibility index (Phi) is 5.94. The maximum Gasteiger partial charge on any atom is 0.163 e. The van der Waals surface area contributed by atoms with Gasteiger partial charge in [-0.15, -0.1) is 21.5 Å². The number of thiophene rings is 1. The Balaban J connectivity index is 1.57. The van der Waals surface area contributed by atoms with Crippen molar-refractivity contribution in [3.63, 3.8) is 0 Å². The summed E-state index contributed by atoms with van der Waals surface area (Å²) in [6, 6.07) is 20.9. The normalized spacial score (nSPS) is 15.1. The highest BCUT2D eigenvalue weighted by atomic mass is 35.5. The van der Waals surface area contributed by atoms with Crippen molar-refractivity contribution in [3.05, 3.63) is 98.9 Å². The molecule has 4 nitrogen and oxygen atoms in total. The van der Waals surface area contributed by atoms with Crippen molar-refractivity contribution >= 4 is 28.6 Å². The first-order valence-electron chi connectivity index (χ1n) is 11.1. The van der Waals surface area contributed by atoms with Crippen LogP contribution in [0.25, 0.3) is 5.00 Å². The van der Waals surface area contributed by atoms with Crippen LogP contribution in [-0.2, 0) is 12.8 Å².